The molecule has 0 radical (unpaired) electrons. The molecule has 1 aliphatic carbocycles. The van der Waals surface area contributed by atoms with E-state index in [1.807, 2.05) is 0 Å². The van der Waals surface area contributed by atoms with Gasteiger partial charge in [0.05, 0.1) is 6.61 Å². The van der Waals surface area contributed by atoms with Crippen molar-refractivity contribution in [3.05, 3.63) is 28.5 Å². The average molecular weight is 437 g/mol. The van der Waals surface area contributed by atoms with Crippen LogP contribution in [0.15, 0.2) is 23.3 Å². The van der Waals surface area contributed by atoms with Gasteiger partial charge in [-0.15, -0.1) is 0 Å². The predicted octanol–water partition coefficient (Wildman–Crippen LogP) is 6.92. The van der Waals surface area contributed by atoms with Gasteiger partial charge in [0.2, 0.25) is 0 Å². The highest BCUT2D eigenvalue weighted by molar-refractivity contribution is 7.97. The second-order valence-electron chi connectivity index (χ2n) is 7.46. The number of hydrogen-bond acceptors (Lipinski definition) is 5. The minimum absolute atomic E-state index is 0.0117. The number of unbranched alkanes of at least 4 members (excludes halogenated alkanes) is 5. The summed E-state index contributed by atoms with van der Waals surface area (Å²) in [6, 6.07) is 0. The predicted molar refractivity (Wildman–Crippen MR) is 112 cm³/mol. The minimum Gasteiger partial charge on any atom is -0.775 e. The van der Waals surface area contributed by atoms with Crippen LogP contribution in [-0.4, -0.2) is 29.1 Å². The Hall–Kier alpha value is -0.990. The fraction of sp³-hybridized carbons (Fsp3) is 0.762. The molecular formula is C21H33F3NO3S-. The summed E-state index contributed by atoms with van der Waals surface area (Å²) in [6.45, 7) is 4.54. The number of carbonyl (C=O) groups is 1. The van der Waals surface area contributed by atoms with E-state index in [0.717, 1.165) is 51.4 Å². The first-order valence-corrected chi connectivity index (χ1v) is 11.2. The summed E-state index contributed by atoms with van der Waals surface area (Å²) in [7, 11) is 0. The van der Waals surface area contributed by atoms with Crippen LogP contribution in [0.5, 0.6) is 0 Å². The molecular weight excluding hydrogens is 403 g/mol. The third kappa shape index (κ3) is 14.6. The minimum atomic E-state index is -4.51. The molecule has 1 atom stereocenters. The van der Waals surface area contributed by atoms with E-state index in [1.54, 1.807) is 0 Å². The second kappa shape index (κ2) is 14.1. The van der Waals surface area contributed by atoms with Gasteiger partial charge in [0, 0.05) is 18.4 Å². The Morgan fingerprint density at radius 1 is 1.21 bits per heavy atom. The van der Waals surface area contributed by atoms with E-state index in [9.17, 15) is 23.2 Å². The van der Waals surface area contributed by atoms with Gasteiger partial charge in [0.1, 0.15) is 0 Å². The molecule has 4 nitrogen and oxygen atoms in total. The van der Waals surface area contributed by atoms with Crippen LogP contribution in [0.4, 0.5) is 13.2 Å². The van der Waals surface area contributed by atoms with Crippen LogP contribution in [0, 0.1) is 11.1 Å². The Balaban J connectivity index is 1.92. The zero-order valence-corrected chi connectivity index (χ0v) is 18.2. The fourth-order valence-electron chi connectivity index (χ4n) is 3.02. The van der Waals surface area contributed by atoms with Gasteiger partial charge in [0.15, 0.2) is 0 Å². The number of esters is 1. The van der Waals surface area contributed by atoms with E-state index in [0.29, 0.717) is 25.4 Å². The van der Waals surface area contributed by atoms with Crippen molar-refractivity contribution in [1.82, 2.24) is 4.47 Å². The molecule has 0 aliphatic heterocycles. The first kappa shape index (κ1) is 26.0. The first-order chi connectivity index (χ1) is 13.7. The van der Waals surface area contributed by atoms with Crippen molar-refractivity contribution in [2.75, 3.05) is 13.2 Å². The van der Waals surface area contributed by atoms with Crippen molar-refractivity contribution in [1.29, 1.82) is 0 Å². The molecule has 1 rings (SSSR count). The average Bonchev–Trinajstić information content (AvgIpc) is 3.34. The molecule has 0 spiro atoms. The fourth-order valence-corrected chi connectivity index (χ4v) is 3.47. The summed E-state index contributed by atoms with van der Waals surface area (Å²) in [5.74, 6) is 0.216. The van der Waals surface area contributed by atoms with Crippen molar-refractivity contribution in [3.63, 3.8) is 0 Å². The monoisotopic (exact) mass is 436 g/mol. The molecule has 0 bridgehead atoms. The Morgan fingerprint density at radius 2 is 1.86 bits per heavy atom. The van der Waals surface area contributed by atoms with Crippen molar-refractivity contribution < 1.29 is 22.7 Å². The van der Waals surface area contributed by atoms with Crippen molar-refractivity contribution in [2.45, 2.75) is 83.6 Å². The van der Waals surface area contributed by atoms with Gasteiger partial charge in [-0.25, -0.2) is 0 Å². The molecule has 8 heteroatoms. The zero-order chi connectivity index (χ0) is 21.7. The lowest BCUT2D eigenvalue weighted by molar-refractivity contribution is -0.144. The molecule has 168 valence electrons. The number of hydrogen-bond donors (Lipinski definition) is 0. The van der Waals surface area contributed by atoms with Gasteiger partial charge in [-0.05, 0) is 55.7 Å². The molecule has 0 aromatic carbocycles. The van der Waals surface area contributed by atoms with Crippen LogP contribution < -0.4 is 0 Å². The molecule has 29 heavy (non-hydrogen) atoms. The summed E-state index contributed by atoms with van der Waals surface area (Å²) in [6.07, 6.45) is 12.5. The van der Waals surface area contributed by atoms with E-state index < -0.39 is 17.5 Å². The summed E-state index contributed by atoms with van der Waals surface area (Å²) in [5.41, 5.74) is -1.66. The van der Waals surface area contributed by atoms with Crippen LogP contribution >= 0.6 is 11.9 Å². The molecule has 1 saturated carbocycles. The lowest BCUT2D eigenvalue weighted by Crippen LogP contribution is -2.16. The number of hydroxylamine groups is 1. The normalized spacial score (nSPS) is 17.9. The van der Waals surface area contributed by atoms with Gasteiger partial charge >= 0.3 is 11.5 Å². The summed E-state index contributed by atoms with van der Waals surface area (Å²) in [5, 5.41) is 11.0. The summed E-state index contributed by atoms with van der Waals surface area (Å²) >= 11 is -0.629. The van der Waals surface area contributed by atoms with Gasteiger partial charge in [-0.2, -0.15) is 13.2 Å². The van der Waals surface area contributed by atoms with E-state index in [4.69, 9.17) is 4.74 Å². The SMILES string of the molecule is CC/C=C1/C/C1=C/C(C)CCC(=O)OCCCCCCCCN([O-])SC(F)(F)F. The van der Waals surface area contributed by atoms with Crippen molar-refractivity contribution in [3.8, 4) is 0 Å². The number of rotatable bonds is 15. The summed E-state index contributed by atoms with van der Waals surface area (Å²) < 4.78 is 41.2. The third-order valence-corrected chi connectivity index (χ3v) is 5.21. The van der Waals surface area contributed by atoms with E-state index in [2.05, 4.69) is 26.0 Å². The molecule has 0 amide bonds. The maximum Gasteiger partial charge on any atom is 0.455 e. The molecule has 1 aliphatic rings. The molecule has 0 aromatic rings. The van der Waals surface area contributed by atoms with Gasteiger partial charge in [0.25, 0.3) is 0 Å². The number of carbonyl (C=O) groups excluding carboxylic acids is 1. The molecule has 1 fully saturated rings. The zero-order valence-electron chi connectivity index (χ0n) is 17.4. The Kier molecular flexibility index (Phi) is 12.7. The Bertz CT molecular complexity index is 550. The number of ether oxygens (including phenoxy) is 1. The molecule has 0 saturated heterocycles. The highest BCUT2D eigenvalue weighted by Gasteiger charge is 2.29. The van der Waals surface area contributed by atoms with E-state index in [-0.39, 0.29) is 17.0 Å². The van der Waals surface area contributed by atoms with Gasteiger partial charge < -0.3 is 14.4 Å². The number of allylic oxidation sites excluding steroid dienone is 4. The van der Waals surface area contributed by atoms with Gasteiger partial charge in [-0.1, -0.05) is 51.7 Å². The lowest BCUT2D eigenvalue weighted by Gasteiger charge is -2.26. The highest BCUT2D eigenvalue weighted by atomic mass is 32.2. The first-order valence-electron chi connectivity index (χ1n) is 10.5. The topological polar surface area (TPSA) is 52.6 Å². The third-order valence-electron chi connectivity index (χ3n) is 4.61. The lowest BCUT2D eigenvalue weighted by atomic mass is 10.0. The number of halogens is 3. The van der Waals surface area contributed by atoms with Crippen LogP contribution in [0.25, 0.3) is 0 Å². The van der Waals surface area contributed by atoms with Crippen LogP contribution in [0.1, 0.15) is 78.1 Å². The van der Waals surface area contributed by atoms with E-state index in [1.165, 1.54) is 11.1 Å². The standard InChI is InChI=1S/C21H33F3NO3S/c1-3-10-18-16-19(18)15-17(2)11-12-20(26)28-14-9-7-5-4-6-8-13-25(27)29-21(22,23)24/h10,15,17H,3-9,11-14,16H2,1-2H3/q-1/b18-10-,19-15-. The maximum atomic E-state index is 12.0. The Labute approximate surface area is 176 Å². The van der Waals surface area contributed by atoms with Gasteiger partial charge in [-0.3, -0.25) is 4.79 Å². The van der Waals surface area contributed by atoms with Crippen LogP contribution in [-0.2, 0) is 9.53 Å². The quantitative estimate of drug-likeness (QED) is 0.121. The summed E-state index contributed by atoms with van der Waals surface area (Å²) in [4.78, 5) is 11.8. The molecule has 0 heterocycles. The molecule has 0 aromatic heterocycles. The molecule has 1 unspecified atom stereocenters. The van der Waals surface area contributed by atoms with Crippen LogP contribution in [0.2, 0.25) is 0 Å². The maximum absolute atomic E-state index is 12.0. The largest absolute Gasteiger partial charge is 0.775 e. The number of alkyl halides is 3. The van der Waals surface area contributed by atoms with Crippen molar-refractivity contribution >= 4 is 17.9 Å². The van der Waals surface area contributed by atoms with Crippen molar-refractivity contribution in [2.24, 2.45) is 5.92 Å². The Morgan fingerprint density at radius 3 is 2.52 bits per heavy atom. The molecule has 0 N–H and O–H groups in total. The number of nitrogens with zero attached hydrogens (tertiary/aromatic N) is 1. The smallest absolute Gasteiger partial charge is 0.455 e. The highest BCUT2D eigenvalue weighted by Crippen LogP contribution is 2.38. The second-order valence-corrected chi connectivity index (χ2v) is 8.51. The van der Waals surface area contributed by atoms with Crippen LogP contribution in [0.3, 0.4) is 0 Å². The van der Waals surface area contributed by atoms with E-state index >= 15 is 0 Å².